The zero-order chi connectivity index (χ0) is 24.5. The van der Waals surface area contributed by atoms with Gasteiger partial charge in [-0.15, -0.1) is 0 Å². The van der Waals surface area contributed by atoms with Gasteiger partial charge in [-0.05, 0) is 63.3 Å². The van der Waals surface area contributed by atoms with Crippen LogP contribution in [0.15, 0.2) is 24.3 Å². The van der Waals surface area contributed by atoms with Crippen molar-refractivity contribution in [1.82, 2.24) is 10.2 Å². The molecule has 1 aromatic carbocycles. The van der Waals surface area contributed by atoms with Crippen molar-refractivity contribution in [3.05, 3.63) is 24.3 Å². The molecule has 34 heavy (non-hydrogen) atoms. The third kappa shape index (κ3) is 3.94. The SMILES string of the molecule is CCCNC(=O)[C@@H]1[C@H]2C(=O)N(CCCCO)C(C(=O)Nc3ccc(OC)cc3)C23CC[C@@]1(C)O3. The van der Waals surface area contributed by atoms with E-state index in [1.54, 1.807) is 36.3 Å². The van der Waals surface area contributed by atoms with E-state index in [1.807, 2.05) is 13.8 Å². The molecule has 1 aromatic rings. The minimum atomic E-state index is -1.05. The number of anilines is 1. The summed E-state index contributed by atoms with van der Waals surface area (Å²) in [5.41, 5.74) is -1.24. The first-order chi connectivity index (χ1) is 16.3. The van der Waals surface area contributed by atoms with Gasteiger partial charge in [0.25, 0.3) is 0 Å². The molecule has 0 aromatic heterocycles. The average molecular weight is 474 g/mol. The number of amides is 3. The maximum absolute atomic E-state index is 13.8. The predicted octanol–water partition coefficient (Wildman–Crippen LogP) is 1.70. The van der Waals surface area contributed by atoms with Crippen molar-refractivity contribution < 1.29 is 29.0 Å². The summed E-state index contributed by atoms with van der Waals surface area (Å²) in [5, 5.41) is 15.1. The van der Waals surface area contributed by atoms with E-state index in [0.717, 1.165) is 6.42 Å². The van der Waals surface area contributed by atoms with Crippen LogP contribution in [0.4, 0.5) is 5.69 Å². The molecular weight excluding hydrogens is 438 g/mol. The lowest BCUT2D eigenvalue weighted by Gasteiger charge is -2.33. The summed E-state index contributed by atoms with van der Waals surface area (Å²) in [6.07, 6.45) is 3.01. The Bertz CT molecular complexity index is 937. The topological polar surface area (TPSA) is 117 Å². The van der Waals surface area contributed by atoms with Crippen LogP contribution in [0.1, 0.15) is 46.0 Å². The number of methoxy groups -OCH3 is 1. The number of hydrogen-bond acceptors (Lipinski definition) is 6. The van der Waals surface area contributed by atoms with E-state index in [-0.39, 0.29) is 24.3 Å². The number of unbranched alkanes of at least 4 members (excludes halogenated alkanes) is 1. The van der Waals surface area contributed by atoms with Crippen molar-refractivity contribution in [2.75, 3.05) is 32.1 Å². The maximum atomic E-state index is 13.8. The summed E-state index contributed by atoms with van der Waals surface area (Å²) in [5.74, 6) is -1.40. The molecule has 3 aliphatic heterocycles. The van der Waals surface area contributed by atoms with Gasteiger partial charge in [-0.1, -0.05) is 6.92 Å². The second-order valence-electron chi connectivity index (χ2n) is 9.70. The summed E-state index contributed by atoms with van der Waals surface area (Å²) >= 11 is 0. The van der Waals surface area contributed by atoms with E-state index in [0.29, 0.717) is 50.2 Å². The van der Waals surface area contributed by atoms with E-state index in [4.69, 9.17) is 9.47 Å². The molecule has 3 amide bonds. The first kappa shape index (κ1) is 24.5. The molecule has 3 aliphatic rings. The normalized spacial score (nSPS) is 31.5. The van der Waals surface area contributed by atoms with Crippen molar-refractivity contribution in [3.63, 3.8) is 0 Å². The first-order valence-corrected chi connectivity index (χ1v) is 12.2. The van der Waals surface area contributed by atoms with Gasteiger partial charge in [0.1, 0.15) is 17.4 Å². The summed E-state index contributed by atoms with van der Waals surface area (Å²) in [6.45, 7) is 4.72. The van der Waals surface area contributed by atoms with Gasteiger partial charge in [-0.2, -0.15) is 0 Å². The van der Waals surface area contributed by atoms with Gasteiger partial charge in [0.2, 0.25) is 17.7 Å². The van der Waals surface area contributed by atoms with Gasteiger partial charge >= 0.3 is 0 Å². The zero-order valence-corrected chi connectivity index (χ0v) is 20.1. The van der Waals surface area contributed by atoms with Gasteiger partial charge in [0, 0.05) is 25.4 Å². The van der Waals surface area contributed by atoms with E-state index in [9.17, 15) is 19.5 Å². The number of ether oxygens (including phenoxy) is 2. The lowest BCUT2D eigenvalue weighted by atomic mass is 9.66. The summed E-state index contributed by atoms with van der Waals surface area (Å²) in [4.78, 5) is 42.2. The molecule has 3 saturated heterocycles. The van der Waals surface area contributed by atoms with E-state index in [1.165, 1.54) is 0 Å². The van der Waals surface area contributed by atoms with Gasteiger partial charge < -0.3 is 30.1 Å². The van der Waals surface area contributed by atoms with Gasteiger partial charge in [0.05, 0.1) is 24.5 Å². The molecule has 0 saturated carbocycles. The monoisotopic (exact) mass is 473 g/mol. The van der Waals surface area contributed by atoms with Crippen LogP contribution in [0.5, 0.6) is 5.75 Å². The number of aliphatic hydroxyl groups excluding tert-OH is 1. The fourth-order valence-electron chi connectivity index (χ4n) is 6.00. The molecule has 3 fully saturated rings. The second-order valence-corrected chi connectivity index (χ2v) is 9.70. The highest BCUT2D eigenvalue weighted by Crippen LogP contribution is 2.63. The Labute approximate surface area is 200 Å². The molecule has 3 heterocycles. The van der Waals surface area contributed by atoms with Crippen LogP contribution >= 0.6 is 0 Å². The smallest absolute Gasteiger partial charge is 0.250 e. The van der Waals surface area contributed by atoms with Crippen molar-refractivity contribution in [1.29, 1.82) is 0 Å². The average Bonchev–Trinajstić information content (AvgIpc) is 3.39. The number of hydrogen-bond donors (Lipinski definition) is 3. The van der Waals surface area contributed by atoms with Crippen LogP contribution in [0.3, 0.4) is 0 Å². The molecule has 3 N–H and O–H groups in total. The number of nitrogens with one attached hydrogen (secondary N) is 2. The number of carbonyl (C=O) groups excluding carboxylic acids is 3. The van der Waals surface area contributed by atoms with Crippen molar-refractivity contribution >= 4 is 23.4 Å². The Morgan fingerprint density at radius 2 is 1.94 bits per heavy atom. The van der Waals surface area contributed by atoms with E-state index < -0.39 is 29.1 Å². The Morgan fingerprint density at radius 3 is 2.59 bits per heavy atom. The first-order valence-electron chi connectivity index (χ1n) is 12.2. The fraction of sp³-hybridized carbons (Fsp3) is 0.640. The number of carbonyl (C=O) groups is 3. The van der Waals surface area contributed by atoms with E-state index in [2.05, 4.69) is 10.6 Å². The Kier molecular flexibility index (Phi) is 6.87. The molecule has 0 aliphatic carbocycles. The molecule has 2 bridgehead atoms. The molecule has 0 radical (unpaired) electrons. The maximum Gasteiger partial charge on any atom is 0.250 e. The van der Waals surface area contributed by atoms with Crippen molar-refractivity contribution in [2.24, 2.45) is 11.8 Å². The zero-order valence-electron chi connectivity index (χ0n) is 20.1. The molecule has 5 atom stereocenters. The van der Waals surface area contributed by atoms with Gasteiger partial charge in [-0.25, -0.2) is 0 Å². The lowest BCUT2D eigenvalue weighted by molar-refractivity contribution is -0.144. The van der Waals surface area contributed by atoms with Crippen LogP contribution in [0, 0.1) is 11.8 Å². The third-order valence-corrected chi connectivity index (χ3v) is 7.52. The number of fused-ring (bicyclic) bond motifs is 1. The molecular formula is C25H35N3O6. The minimum Gasteiger partial charge on any atom is -0.497 e. The Balaban J connectivity index is 1.66. The van der Waals surface area contributed by atoms with Gasteiger partial charge in [0.15, 0.2) is 0 Å². The van der Waals surface area contributed by atoms with Crippen LogP contribution in [-0.2, 0) is 19.1 Å². The predicted molar refractivity (Wildman–Crippen MR) is 125 cm³/mol. The fourth-order valence-corrected chi connectivity index (χ4v) is 6.00. The van der Waals surface area contributed by atoms with Crippen LogP contribution in [0.2, 0.25) is 0 Å². The highest BCUT2D eigenvalue weighted by atomic mass is 16.5. The van der Waals surface area contributed by atoms with Crippen molar-refractivity contribution in [3.8, 4) is 5.75 Å². The van der Waals surface area contributed by atoms with Gasteiger partial charge in [-0.3, -0.25) is 14.4 Å². The highest BCUT2D eigenvalue weighted by molar-refractivity contribution is 6.03. The lowest BCUT2D eigenvalue weighted by Crippen LogP contribution is -2.53. The van der Waals surface area contributed by atoms with Crippen LogP contribution in [0.25, 0.3) is 0 Å². The van der Waals surface area contributed by atoms with Crippen LogP contribution in [-0.4, -0.2) is 71.8 Å². The Morgan fingerprint density at radius 1 is 1.21 bits per heavy atom. The number of aliphatic hydroxyl groups is 1. The second kappa shape index (κ2) is 9.54. The number of nitrogens with zero attached hydrogens (tertiary/aromatic N) is 1. The summed E-state index contributed by atoms with van der Waals surface area (Å²) < 4.78 is 11.7. The standard InChI is InChI=1S/C25H35N3O6/c1-4-13-26-21(30)18-19-23(32)28(14-5-6-15-29)20(25(19)12-11-24(18,2)34-25)22(31)27-16-7-9-17(33-3)10-8-16/h7-10,18-20,29H,4-6,11-15H2,1-3H3,(H,26,30)(H,27,31)/t18-,19-,20?,24+,25?/m0/s1. The summed E-state index contributed by atoms with van der Waals surface area (Å²) in [6, 6.07) is 6.14. The minimum absolute atomic E-state index is 0.00985. The number of likely N-dealkylation sites (tertiary alicyclic amines) is 1. The largest absolute Gasteiger partial charge is 0.497 e. The highest BCUT2D eigenvalue weighted by Gasteiger charge is 2.77. The van der Waals surface area contributed by atoms with Crippen LogP contribution < -0.4 is 15.4 Å². The molecule has 1 spiro atoms. The van der Waals surface area contributed by atoms with Crippen molar-refractivity contribution in [2.45, 2.75) is 63.2 Å². The third-order valence-electron chi connectivity index (χ3n) is 7.52. The quantitative estimate of drug-likeness (QED) is 0.445. The Hall–Kier alpha value is -2.65. The molecule has 186 valence electrons. The molecule has 9 heteroatoms. The number of rotatable bonds is 10. The molecule has 4 rings (SSSR count). The van der Waals surface area contributed by atoms with E-state index >= 15 is 0 Å². The summed E-state index contributed by atoms with van der Waals surface area (Å²) in [7, 11) is 1.57. The molecule has 9 nitrogen and oxygen atoms in total. The number of benzene rings is 1. The molecule has 2 unspecified atom stereocenters.